The highest BCUT2D eigenvalue weighted by Gasteiger charge is 2.27. The topological polar surface area (TPSA) is 79.2 Å². The quantitative estimate of drug-likeness (QED) is 0.206. The van der Waals surface area contributed by atoms with Crippen LogP contribution in [0.25, 0.3) is 0 Å². The van der Waals surface area contributed by atoms with Gasteiger partial charge < -0.3 is 24.6 Å². The molecule has 6 nitrogen and oxygen atoms in total. The number of methoxy groups -OCH3 is 1. The van der Waals surface area contributed by atoms with Gasteiger partial charge in [-0.15, -0.1) is 0 Å². The first-order valence-corrected chi connectivity index (χ1v) is 13.8. The van der Waals surface area contributed by atoms with Crippen molar-refractivity contribution in [3.63, 3.8) is 0 Å². The van der Waals surface area contributed by atoms with Gasteiger partial charge in [0.1, 0.15) is 11.5 Å². The van der Waals surface area contributed by atoms with E-state index in [0.717, 1.165) is 49.2 Å². The highest BCUT2D eigenvalue weighted by Crippen LogP contribution is 2.40. The summed E-state index contributed by atoms with van der Waals surface area (Å²) in [5, 5.41) is 18.5. The lowest BCUT2D eigenvalue weighted by Gasteiger charge is -2.32. The number of aryl methyl sites for hydroxylation is 1. The van der Waals surface area contributed by atoms with Crippen LogP contribution < -0.4 is 14.4 Å². The molecule has 6 heteroatoms. The van der Waals surface area contributed by atoms with Gasteiger partial charge in [0.15, 0.2) is 6.29 Å². The fraction of sp³-hybridized carbons (Fsp3) is 0.424. The number of anilines is 1. The van der Waals surface area contributed by atoms with Crippen molar-refractivity contribution in [3.05, 3.63) is 88.5 Å². The second-order valence-electron chi connectivity index (χ2n) is 11.4. The van der Waals surface area contributed by atoms with E-state index in [0.29, 0.717) is 11.7 Å². The molecule has 39 heavy (non-hydrogen) atoms. The van der Waals surface area contributed by atoms with Crippen molar-refractivity contribution in [1.82, 2.24) is 0 Å². The average molecular weight is 532 g/mol. The molecule has 1 aliphatic rings. The van der Waals surface area contributed by atoms with Crippen LogP contribution >= 0.6 is 0 Å². The number of esters is 1. The number of rotatable bonds is 9. The first-order chi connectivity index (χ1) is 18.6. The first-order valence-electron chi connectivity index (χ1n) is 13.8. The minimum Gasteiger partial charge on any atom is -0.497 e. The molecular formula is C33H41NO5. The molecule has 1 aliphatic carbocycles. The van der Waals surface area contributed by atoms with E-state index >= 15 is 0 Å². The van der Waals surface area contributed by atoms with Crippen LogP contribution in [0.15, 0.2) is 60.7 Å². The van der Waals surface area contributed by atoms with Crippen molar-refractivity contribution in [2.75, 3.05) is 18.6 Å². The van der Waals surface area contributed by atoms with E-state index in [-0.39, 0.29) is 12.4 Å². The molecule has 0 saturated carbocycles. The normalized spacial score (nSPS) is 15.1. The van der Waals surface area contributed by atoms with E-state index in [4.69, 9.17) is 9.47 Å². The van der Waals surface area contributed by atoms with Gasteiger partial charge in [0.25, 0.3) is 0 Å². The number of carbonyl (C=O) groups is 1. The van der Waals surface area contributed by atoms with E-state index in [1.165, 1.54) is 22.4 Å². The third-order valence-electron chi connectivity index (χ3n) is 7.44. The van der Waals surface area contributed by atoms with Crippen molar-refractivity contribution in [2.24, 2.45) is 5.41 Å². The summed E-state index contributed by atoms with van der Waals surface area (Å²) < 4.78 is 11.2. The molecule has 0 unspecified atom stereocenters. The SMILES string of the molecule is CCN(Cc1ccc(CC(O)O)cc1)c1cc(OC)ccc1[C@H]1CCc2cc(OC(=O)C(C)(C)C)ccc2C1. The Morgan fingerprint density at radius 3 is 2.31 bits per heavy atom. The zero-order valence-electron chi connectivity index (χ0n) is 23.7. The van der Waals surface area contributed by atoms with Crippen molar-refractivity contribution >= 4 is 11.7 Å². The molecule has 0 bridgehead atoms. The number of hydrogen-bond acceptors (Lipinski definition) is 6. The molecule has 1 atom stereocenters. The van der Waals surface area contributed by atoms with Crippen LogP contribution in [0.2, 0.25) is 0 Å². The van der Waals surface area contributed by atoms with Crippen LogP contribution in [-0.4, -0.2) is 36.1 Å². The minimum absolute atomic E-state index is 0.223. The molecule has 208 valence electrons. The number of ether oxygens (including phenoxy) is 2. The Bertz CT molecular complexity index is 1280. The molecule has 0 amide bonds. The summed E-state index contributed by atoms with van der Waals surface area (Å²) in [6.45, 7) is 9.33. The maximum Gasteiger partial charge on any atom is 0.316 e. The summed E-state index contributed by atoms with van der Waals surface area (Å²) in [5.74, 6) is 1.60. The van der Waals surface area contributed by atoms with Gasteiger partial charge in [-0.25, -0.2) is 0 Å². The Morgan fingerprint density at radius 1 is 0.974 bits per heavy atom. The summed E-state index contributed by atoms with van der Waals surface area (Å²) in [6, 6.07) is 20.5. The van der Waals surface area contributed by atoms with Crippen LogP contribution in [0.3, 0.4) is 0 Å². The third kappa shape index (κ3) is 7.20. The molecule has 4 rings (SSSR count). The molecule has 3 aromatic rings. The fourth-order valence-electron chi connectivity index (χ4n) is 5.17. The van der Waals surface area contributed by atoms with Crippen LogP contribution in [0, 0.1) is 5.41 Å². The van der Waals surface area contributed by atoms with Crippen LogP contribution in [0.1, 0.15) is 67.9 Å². The molecule has 2 N–H and O–H groups in total. The van der Waals surface area contributed by atoms with Gasteiger partial charge in [-0.2, -0.15) is 0 Å². The first kappa shape index (κ1) is 28.7. The summed E-state index contributed by atoms with van der Waals surface area (Å²) in [4.78, 5) is 14.7. The Kier molecular flexibility index (Phi) is 8.98. The summed E-state index contributed by atoms with van der Waals surface area (Å²) in [5.41, 5.74) is 6.56. The van der Waals surface area contributed by atoms with Gasteiger partial charge >= 0.3 is 5.97 Å². The minimum atomic E-state index is -1.34. The van der Waals surface area contributed by atoms with Crippen molar-refractivity contribution in [2.45, 2.75) is 72.1 Å². The number of carbonyl (C=O) groups excluding carboxylic acids is 1. The molecule has 0 saturated heterocycles. The number of aliphatic hydroxyl groups is 2. The number of hydrogen-bond donors (Lipinski definition) is 2. The summed E-state index contributed by atoms with van der Waals surface area (Å²) in [6.07, 6.45) is 1.75. The smallest absolute Gasteiger partial charge is 0.316 e. The molecule has 3 aromatic carbocycles. The average Bonchev–Trinajstić information content (AvgIpc) is 2.91. The van der Waals surface area contributed by atoms with Gasteiger partial charge in [0.05, 0.1) is 12.5 Å². The molecule has 0 spiro atoms. The van der Waals surface area contributed by atoms with E-state index in [1.54, 1.807) is 7.11 Å². The third-order valence-corrected chi connectivity index (χ3v) is 7.44. The fourth-order valence-corrected chi connectivity index (χ4v) is 5.17. The number of fused-ring (bicyclic) bond motifs is 1. The number of aliphatic hydroxyl groups excluding tert-OH is 1. The summed E-state index contributed by atoms with van der Waals surface area (Å²) in [7, 11) is 1.70. The highest BCUT2D eigenvalue weighted by molar-refractivity contribution is 5.78. The van der Waals surface area contributed by atoms with Gasteiger partial charge in [0.2, 0.25) is 0 Å². The Hall–Kier alpha value is -3.35. The van der Waals surface area contributed by atoms with E-state index < -0.39 is 11.7 Å². The van der Waals surface area contributed by atoms with Gasteiger partial charge in [-0.05, 0) is 98.9 Å². The maximum absolute atomic E-state index is 12.4. The van der Waals surface area contributed by atoms with Crippen LogP contribution in [0.5, 0.6) is 11.5 Å². The largest absolute Gasteiger partial charge is 0.497 e. The lowest BCUT2D eigenvalue weighted by Crippen LogP contribution is -2.26. The predicted octanol–water partition coefficient (Wildman–Crippen LogP) is 5.80. The van der Waals surface area contributed by atoms with E-state index in [1.807, 2.05) is 51.1 Å². The predicted molar refractivity (Wildman–Crippen MR) is 154 cm³/mol. The molecule has 0 fully saturated rings. The lowest BCUT2D eigenvalue weighted by molar-refractivity contribution is -0.143. The van der Waals surface area contributed by atoms with Gasteiger partial charge in [-0.3, -0.25) is 4.79 Å². The zero-order valence-corrected chi connectivity index (χ0v) is 23.7. The maximum atomic E-state index is 12.4. The van der Waals surface area contributed by atoms with Crippen LogP contribution in [-0.2, 0) is 30.6 Å². The lowest BCUT2D eigenvalue weighted by atomic mass is 9.79. The molecule has 0 heterocycles. The second-order valence-corrected chi connectivity index (χ2v) is 11.4. The Balaban J connectivity index is 1.56. The van der Waals surface area contributed by atoms with Gasteiger partial charge in [0, 0.05) is 31.3 Å². The molecule has 0 aromatic heterocycles. The Morgan fingerprint density at radius 2 is 1.67 bits per heavy atom. The van der Waals surface area contributed by atoms with Crippen molar-refractivity contribution in [3.8, 4) is 11.5 Å². The van der Waals surface area contributed by atoms with Crippen molar-refractivity contribution < 1.29 is 24.5 Å². The molecule has 0 aliphatic heterocycles. The van der Waals surface area contributed by atoms with E-state index in [9.17, 15) is 15.0 Å². The summed E-state index contributed by atoms with van der Waals surface area (Å²) >= 11 is 0. The van der Waals surface area contributed by atoms with Crippen LogP contribution in [0.4, 0.5) is 5.69 Å². The standard InChI is InChI=1S/C33H41NO5/c1-6-34(21-23-9-7-22(8-10-23)17-31(35)36)30-20-27(38-5)15-16-29(30)26-12-11-25-19-28(14-13-24(25)18-26)39-32(37)33(2,3)4/h7-10,13-16,19-20,26,31,35-36H,6,11-12,17-18,21H2,1-5H3/t26-/m0/s1. The van der Waals surface area contributed by atoms with Gasteiger partial charge in [-0.1, -0.05) is 36.4 Å². The highest BCUT2D eigenvalue weighted by atomic mass is 16.5. The Labute approximate surface area is 232 Å². The number of benzene rings is 3. The van der Waals surface area contributed by atoms with E-state index in [2.05, 4.69) is 42.2 Å². The molecule has 0 radical (unpaired) electrons. The molecular weight excluding hydrogens is 490 g/mol. The monoisotopic (exact) mass is 531 g/mol. The zero-order chi connectivity index (χ0) is 28.2. The number of nitrogens with zero attached hydrogens (tertiary/aromatic N) is 1. The second kappa shape index (κ2) is 12.2. The van der Waals surface area contributed by atoms with Crippen molar-refractivity contribution in [1.29, 1.82) is 0 Å².